The molecule has 0 aliphatic carbocycles. The van der Waals surface area contributed by atoms with E-state index in [1.54, 1.807) is 19.1 Å². The zero-order chi connectivity index (χ0) is 34.9. The van der Waals surface area contributed by atoms with Crippen molar-refractivity contribution < 1.29 is 14.4 Å². The van der Waals surface area contributed by atoms with E-state index in [9.17, 15) is 14.4 Å². The lowest BCUT2D eigenvalue weighted by molar-refractivity contribution is -0.118. The zero-order valence-corrected chi connectivity index (χ0v) is 29.4. The number of hydrogen-bond acceptors (Lipinski definition) is 4. The first-order valence-electron chi connectivity index (χ1n) is 15.2. The van der Waals surface area contributed by atoms with Crippen molar-refractivity contribution in [1.29, 1.82) is 0 Å². The van der Waals surface area contributed by atoms with Gasteiger partial charge in [0.2, 0.25) is 5.91 Å². The number of hydrogen-bond donors (Lipinski definition) is 3. The SMILES string of the molecule is Cc1c(Cl)ccc2c1NC(=O)C2=O.Cc1c(N)cccc1Cl.Cc1ccc(C2(c3ccc(C)cc3)C(=O)Nc3c2ccc(Cl)c3C)cc1. The summed E-state index contributed by atoms with van der Waals surface area (Å²) >= 11 is 17.9. The van der Waals surface area contributed by atoms with Crippen molar-refractivity contribution in [2.24, 2.45) is 0 Å². The van der Waals surface area contributed by atoms with Crippen LogP contribution in [0.3, 0.4) is 0 Å². The number of anilines is 3. The minimum Gasteiger partial charge on any atom is -0.398 e. The van der Waals surface area contributed by atoms with Crippen LogP contribution in [0, 0.1) is 34.6 Å². The molecule has 2 amide bonds. The maximum absolute atomic E-state index is 13.4. The molecule has 0 radical (unpaired) electrons. The molecule has 0 unspecified atom stereocenters. The number of fused-ring (bicyclic) bond motifs is 2. The van der Waals surface area contributed by atoms with Gasteiger partial charge in [0.05, 0.1) is 16.9 Å². The second kappa shape index (κ2) is 13.9. The van der Waals surface area contributed by atoms with Crippen LogP contribution in [0.2, 0.25) is 15.1 Å². The van der Waals surface area contributed by atoms with E-state index in [-0.39, 0.29) is 5.91 Å². The second-order valence-corrected chi connectivity index (χ2v) is 13.1. The van der Waals surface area contributed by atoms with Crippen molar-refractivity contribution in [2.45, 2.75) is 40.0 Å². The fourth-order valence-corrected chi connectivity index (χ4v) is 6.29. The van der Waals surface area contributed by atoms with Crippen LogP contribution in [-0.4, -0.2) is 17.6 Å². The number of carbonyl (C=O) groups excluding carboxylic acids is 3. The Hall–Kier alpha value is -4.62. The summed E-state index contributed by atoms with van der Waals surface area (Å²) in [4.78, 5) is 35.6. The first-order chi connectivity index (χ1) is 22.8. The minimum absolute atomic E-state index is 0.0365. The van der Waals surface area contributed by atoms with Crippen molar-refractivity contribution in [1.82, 2.24) is 0 Å². The summed E-state index contributed by atoms with van der Waals surface area (Å²) in [6, 6.07) is 29.0. The van der Waals surface area contributed by atoms with Gasteiger partial charge in [-0.05, 0) is 92.8 Å². The van der Waals surface area contributed by atoms with E-state index in [4.69, 9.17) is 40.5 Å². The van der Waals surface area contributed by atoms with Crippen molar-refractivity contribution in [3.63, 3.8) is 0 Å². The molecule has 0 spiro atoms. The van der Waals surface area contributed by atoms with Crippen molar-refractivity contribution in [2.75, 3.05) is 16.4 Å². The number of nitrogens with two attached hydrogens (primary N) is 1. The molecule has 0 saturated carbocycles. The van der Waals surface area contributed by atoms with Gasteiger partial charge in [-0.1, -0.05) is 107 Å². The highest BCUT2D eigenvalue weighted by atomic mass is 35.5. The molecule has 2 aliphatic rings. The molecule has 0 bridgehead atoms. The third-order valence-corrected chi connectivity index (χ3v) is 9.98. The summed E-state index contributed by atoms with van der Waals surface area (Å²) in [5, 5.41) is 7.52. The van der Waals surface area contributed by atoms with Gasteiger partial charge >= 0.3 is 0 Å². The van der Waals surface area contributed by atoms with Crippen LogP contribution in [0.5, 0.6) is 0 Å². The predicted octanol–water partition coefficient (Wildman–Crippen LogP) is 9.57. The van der Waals surface area contributed by atoms with Crippen molar-refractivity contribution in [3.05, 3.63) is 156 Å². The molecule has 244 valence electrons. The number of ketones is 1. The Morgan fingerprint density at radius 3 is 1.58 bits per heavy atom. The normalized spacial score (nSPS) is 13.7. The van der Waals surface area contributed by atoms with E-state index < -0.39 is 17.1 Å². The number of benzene rings is 5. The fraction of sp³-hybridized carbons (Fsp3) is 0.154. The van der Waals surface area contributed by atoms with Gasteiger partial charge < -0.3 is 16.4 Å². The maximum atomic E-state index is 13.4. The van der Waals surface area contributed by atoms with Crippen molar-refractivity contribution >= 4 is 69.5 Å². The van der Waals surface area contributed by atoms with Gasteiger partial charge in [-0.3, -0.25) is 14.4 Å². The lowest BCUT2D eigenvalue weighted by Gasteiger charge is -2.29. The smallest absolute Gasteiger partial charge is 0.296 e. The van der Waals surface area contributed by atoms with Gasteiger partial charge in [-0.25, -0.2) is 0 Å². The summed E-state index contributed by atoms with van der Waals surface area (Å²) in [7, 11) is 0. The third-order valence-electron chi connectivity index (χ3n) is 8.75. The molecule has 7 rings (SSSR count). The van der Waals surface area contributed by atoms with Gasteiger partial charge in [0.1, 0.15) is 5.41 Å². The first kappa shape index (κ1) is 34.7. The van der Waals surface area contributed by atoms with Gasteiger partial charge in [0.25, 0.3) is 11.7 Å². The number of carbonyl (C=O) groups is 3. The topological polar surface area (TPSA) is 101 Å². The van der Waals surface area contributed by atoms with Crippen LogP contribution < -0.4 is 16.4 Å². The van der Waals surface area contributed by atoms with Gasteiger partial charge in [-0.15, -0.1) is 0 Å². The Morgan fingerprint density at radius 1 is 0.562 bits per heavy atom. The van der Waals surface area contributed by atoms with Crippen LogP contribution >= 0.6 is 34.8 Å². The molecule has 0 fully saturated rings. The molecule has 9 heteroatoms. The molecule has 0 atom stereocenters. The molecular formula is C39H34Cl3N3O3. The maximum Gasteiger partial charge on any atom is 0.296 e. The minimum atomic E-state index is -0.869. The number of amides is 2. The Bertz CT molecular complexity index is 2010. The Kier molecular flexibility index (Phi) is 10.0. The van der Waals surface area contributed by atoms with E-state index >= 15 is 0 Å². The lowest BCUT2D eigenvalue weighted by atomic mass is 9.70. The van der Waals surface area contributed by atoms with Crippen LogP contribution in [0.25, 0.3) is 0 Å². The highest BCUT2D eigenvalue weighted by Gasteiger charge is 2.50. The monoisotopic (exact) mass is 697 g/mol. The highest BCUT2D eigenvalue weighted by Crippen LogP contribution is 2.49. The van der Waals surface area contributed by atoms with E-state index in [0.29, 0.717) is 21.3 Å². The Balaban J connectivity index is 0.000000169. The number of Topliss-reactive ketones (excluding diaryl/α,β-unsaturated/α-hetero) is 1. The molecule has 4 N–H and O–H groups in total. The Morgan fingerprint density at radius 2 is 1.06 bits per heavy atom. The van der Waals surface area contributed by atoms with E-state index in [1.165, 1.54) is 11.1 Å². The summed E-state index contributed by atoms with van der Waals surface area (Å²) in [5.74, 6) is -1.11. The standard InChI is InChI=1S/C23H20ClNO.C9H6ClNO2.C7H8ClN/c1-14-4-8-17(9-5-14)23(18-10-6-15(2)7-11-18)19-12-13-20(24)16(3)21(19)25-22(23)26;1-4-6(10)3-2-5-7(4)11-9(13)8(5)12;1-5-6(8)3-2-4-7(5)9/h4-13H,1-3H3,(H,25,26);2-3H,1H3,(H,11,12,13);2-4H,9H2,1H3. The van der Waals surface area contributed by atoms with E-state index in [2.05, 4.69) is 48.7 Å². The molecule has 48 heavy (non-hydrogen) atoms. The summed E-state index contributed by atoms with van der Waals surface area (Å²) in [6.07, 6.45) is 0. The largest absolute Gasteiger partial charge is 0.398 e. The summed E-state index contributed by atoms with van der Waals surface area (Å²) in [6.45, 7) is 9.71. The predicted molar refractivity (Wildman–Crippen MR) is 197 cm³/mol. The zero-order valence-electron chi connectivity index (χ0n) is 27.1. The number of nitrogens with one attached hydrogen (secondary N) is 2. The first-order valence-corrected chi connectivity index (χ1v) is 16.3. The molecule has 0 aromatic heterocycles. The molecular weight excluding hydrogens is 665 g/mol. The summed E-state index contributed by atoms with van der Waals surface area (Å²) in [5.41, 5.74) is 15.0. The quantitative estimate of drug-likeness (QED) is 0.126. The van der Waals surface area contributed by atoms with Gasteiger partial charge in [0, 0.05) is 26.3 Å². The lowest BCUT2D eigenvalue weighted by Crippen LogP contribution is -2.37. The molecule has 5 aromatic carbocycles. The molecule has 2 heterocycles. The molecule has 6 nitrogen and oxygen atoms in total. The van der Waals surface area contributed by atoms with Crippen LogP contribution in [0.15, 0.2) is 91.0 Å². The molecule has 5 aromatic rings. The second-order valence-electron chi connectivity index (χ2n) is 11.9. The van der Waals surface area contributed by atoms with Gasteiger partial charge in [0.15, 0.2) is 0 Å². The fourth-order valence-electron chi connectivity index (χ4n) is 5.79. The average molecular weight is 699 g/mol. The number of nitrogen functional groups attached to an aromatic ring is 1. The number of halogens is 3. The highest BCUT2D eigenvalue weighted by molar-refractivity contribution is 6.52. The molecule has 0 saturated heterocycles. The van der Waals surface area contributed by atoms with Crippen LogP contribution in [-0.2, 0) is 15.0 Å². The number of rotatable bonds is 2. The Labute approximate surface area is 295 Å². The average Bonchev–Trinajstić information content (AvgIpc) is 3.54. The van der Waals surface area contributed by atoms with Gasteiger partial charge in [-0.2, -0.15) is 0 Å². The van der Waals surface area contributed by atoms with E-state index in [1.807, 2.05) is 68.4 Å². The van der Waals surface area contributed by atoms with Crippen LogP contribution in [0.4, 0.5) is 17.1 Å². The number of aryl methyl sites for hydroxylation is 2. The van der Waals surface area contributed by atoms with Crippen LogP contribution in [0.1, 0.15) is 54.9 Å². The molecule has 2 aliphatic heterocycles. The summed E-state index contributed by atoms with van der Waals surface area (Å²) < 4.78 is 0. The van der Waals surface area contributed by atoms with E-state index in [0.717, 1.165) is 49.8 Å². The third kappa shape index (κ3) is 6.31. The van der Waals surface area contributed by atoms with Crippen molar-refractivity contribution in [3.8, 4) is 0 Å².